The van der Waals surface area contributed by atoms with Gasteiger partial charge >= 0.3 is 6.03 Å². The Kier molecular flexibility index (Phi) is 5.15. The lowest BCUT2D eigenvalue weighted by Crippen LogP contribution is -2.43. The number of pyridine rings is 1. The maximum atomic E-state index is 13.3. The van der Waals surface area contributed by atoms with Gasteiger partial charge in [-0.3, -0.25) is 14.7 Å². The second kappa shape index (κ2) is 7.75. The van der Waals surface area contributed by atoms with Crippen molar-refractivity contribution in [2.75, 3.05) is 0 Å². The largest absolute Gasteiger partial charge is 0.325 e. The average molecular weight is 407 g/mol. The van der Waals surface area contributed by atoms with Crippen molar-refractivity contribution in [3.05, 3.63) is 70.9 Å². The lowest BCUT2D eigenvalue weighted by Gasteiger charge is -2.26. The Labute approximate surface area is 173 Å². The minimum Gasteiger partial charge on any atom is -0.319 e. The van der Waals surface area contributed by atoms with Crippen molar-refractivity contribution in [1.82, 2.24) is 20.2 Å². The van der Waals surface area contributed by atoms with Crippen molar-refractivity contribution in [3.63, 3.8) is 0 Å². The molecular weight excluding hydrogens is 384 g/mol. The van der Waals surface area contributed by atoms with Gasteiger partial charge < -0.3 is 5.32 Å². The molecule has 148 valence electrons. The van der Waals surface area contributed by atoms with E-state index in [2.05, 4.69) is 22.2 Å². The summed E-state index contributed by atoms with van der Waals surface area (Å²) in [5.74, 6) is -0.235. The first-order chi connectivity index (χ1) is 14.1. The fraction of sp³-hybridized carbons (Fsp3) is 0.273. The summed E-state index contributed by atoms with van der Waals surface area (Å²) in [6.07, 6.45) is 3.12. The number of nitrogens with one attached hydrogen (secondary N) is 1. The lowest BCUT2D eigenvalue weighted by atomic mass is 9.86. The Morgan fingerprint density at radius 2 is 1.90 bits per heavy atom. The van der Waals surface area contributed by atoms with E-state index in [0.29, 0.717) is 12.1 Å². The summed E-state index contributed by atoms with van der Waals surface area (Å²) < 4.78 is 0. The molecule has 0 spiro atoms. The minimum atomic E-state index is -1.02. The summed E-state index contributed by atoms with van der Waals surface area (Å²) in [7, 11) is 0. The number of carbonyl (C=O) groups is 2. The molecule has 1 fully saturated rings. The number of aryl methyl sites for hydroxylation is 1. The van der Waals surface area contributed by atoms with Crippen LogP contribution in [-0.2, 0) is 23.3 Å². The minimum absolute atomic E-state index is 0.142. The first kappa shape index (κ1) is 19.3. The number of aromatic nitrogens is 2. The summed E-state index contributed by atoms with van der Waals surface area (Å²) >= 11 is 1.45. The molecule has 3 amide bonds. The smallest absolute Gasteiger partial charge is 0.319 e. The second-order valence-corrected chi connectivity index (χ2v) is 7.85. The van der Waals surface area contributed by atoms with Crippen LogP contribution in [0.4, 0.5) is 4.79 Å². The van der Waals surface area contributed by atoms with E-state index in [-0.39, 0.29) is 18.5 Å². The molecule has 4 rings (SSSR count). The molecule has 1 aromatic carbocycles. The third-order valence-electron chi connectivity index (χ3n) is 5.32. The molecule has 3 aromatic rings. The number of nitrogens with zero attached hydrogens (tertiary/aromatic N) is 3. The van der Waals surface area contributed by atoms with Crippen LogP contribution in [0, 0.1) is 0 Å². The zero-order valence-electron chi connectivity index (χ0n) is 16.4. The standard InChI is InChI=1S/C22H22N4O2S/c1-3-15-8-10-16(11-9-15)22(4-2)20(27)26(21(28)25-22)13-17-14-29-19(24-17)18-7-5-6-12-23-18/h5-12,14H,3-4,13H2,1-2H3,(H,25,28)/t22-/m1/s1. The van der Waals surface area contributed by atoms with E-state index < -0.39 is 5.54 Å². The van der Waals surface area contributed by atoms with E-state index in [1.54, 1.807) is 6.20 Å². The number of amides is 3. The van der Waals surface area contributed by atoms with Gasteiger partial charge in [0.25, 0.3) is 5.91 Å². The molecule has 0 aliphatic carbocycles. The van der Waals surface area contributed by atoms with Crippen molar-refractivity contribution in [1.29, 1.82) is 0 Å². The topological polar surface area (TPSA) is 75.2 Å². The first-order valence-corrected chi connectivity index (χ1v) is 10.5. The molecule has 1 atom stereocenters. The highest BCUT2D eigenvalue weighted by atomic mass is 32.1. The fourth-order valence-corrected chi connectivity index (χ4v) is 4.37. The van der Waals surface area contributed by atoms with E-state index in [1.165, 1.54) is 21.8 Å². The van der Waals surface area contributed by atoms with Crippen LogP contribution in [0.25, 0.3) is 10.7 Å². The number of hydrogen-bond acceptors (Lipinski definition) is 5. The van der Waals surface area contributed by atoms with E-state index in [0.717, 1.165) is 22.7 Å². The highest BCUT2D eigenvalue weighted by Crippen LogP contribution is 2.34. The number of thiazole rings is 1. The van der Waals surface area contributed by atoms with Crippen LogP contribution in [-0.4, -0.2) is 26.8 Å². The molecule has 0 unspecified atom stereocenters. The van der Waals surface area contributed by atoms with E-state index in [9.17, 15) is 9.59 Å². The molecule has 1 aliphatic rings. The highest BCUT2D eigenvalue weighted by molar-refractivity contribution is 7.13. The van der Waals surface area contributed by atoms with Crippen molar-refractivity contribution < 1.29 is 9.59 Å². The molecule has 0 bridgehead atoms. The average Bonchev–Trinajstić information content (AvgIpc) is 3.33. The zero-order chi connectivity index (χ0) is 20.4. The number of hydrogen-bond donors (Lipinski definition) is 1. The predicted octanol–water partition coefficient (Wildman–Crippen LogP) is 4.12. The second-order valence-electron chi connectivity index (χ2n) is 6.99. The van der Waals surface area contributed by atoms with Crippen LogP contribution in [0.15, 0.2) is 54.0 Å². The highest BCUT2D eigenvalue weighted by Gasteiger charge is 2.51. The number of benzene rings is 1. The molecule has 1 N–H and O–H groups in total. The van der Waals surface area contributed by atoms with Crippen LogP contribution in [0.3, 0.4) is 0 Å². The Bertz CT molecular complexity index is 1030. The fourth-order valence-electron chi connectivity index (χ4n) is 3.58. The van der Waals surface area contributed by atoms with Gasteiger partial charge in [0.15, 0.2) is 0 Å². The Morgan fingerprint density at radius 3 is 2.55 bits per heavy atom. The normalized spacial score (nSPS) is 18.9. The Balaban J connectivity index is 1.58. The van der Waals surface area contributed by atoms with Crippen molar-refractivity contribution >= 4 is 23.3 Å². The number of carbonyl (C=O) groups excluding carboxylic acids is 2. The van der Waals surface area contributed by atoms with Gasteiger partial charge in [-0.25, -0.2) is 9.78 Å². The molecular formula is C22H22N4O2S. The molecule has 3 heterocycles. The molecule has 1 saturated heterocycles. The van der Waals surface area contributed by atoms with E-state index in [4.69, 9.17) is 0 Å². The van der Waals surface area contributed by atoms with Gasteiger partial charge in [0.05, 0.1) is 17.9 Å². The van der Waals surface area contributed by atoms with Crippen LogP contribution in [0.2, 0.25) is 0 Å². The maximum Gasteiger partial charge on any atom is 0.325 e. The summed E-state index contributed by atoms with van der Waals surface area (Å²) in [4.78, 5) is 36.1. The summed E-state index contributed by atoms with van der Waals surface area (Å²) in [6, 6.07) is 13.1. The van der Waals surface area contributed by atoms with Gasteiger partial charge in [0, 0.05) is 11.6 Å². The van der Waals surface area contributed by atoms with Gasteiger partial charge in [-0.1, -0.05) is 44.2 Å². The van der Waals surface area contributed by atoms with E-state index >= 15 is 0 Å². The Hall–Kier alpha value is -3.06. The molecule has 29 heavy (non-hydrogen) atoms. The maximum absolute atomic E-state index is 13.3. The first-order valence-electron chi connectivity index (χ1n) is 9.66. The van der Waals surface area contributed by atoms with Gasteiger partial charge in [-0.2, -0.15) is 0 Å². The molecule has 7 heteroatoms. The third kappa shape index (κ3) is 3.42. The van der Waals surface area contributed by atoms with Gasteiger partial charge in [-0.05, 0) is 36.1 Å². The van der Waals surface area contributed by atoms with Crippen LogP contribution >= 0.6 is 11.3 Å². The third-order valence-corrected chi connectivity index (χ3v) is 6.23. The molecule has 2 aromatic heterocycles. The molecule has 0 radical (unpaired) electrons. The SMILES string of the molecule is CCc1ccc([C@@]2(CC)NC(=O)N(Cc3csc(-c4ccccn4)n3)C2=O)cc1. The summed E-state index contributed by atoms with van der Waals surface area (Å²) in [5, 5.41) is 5.57. The zero-order valence-corrected chi connectivity index (χ0v) is 17.2. The quantitative estimate of drug-likeness (QED) is 0.625. The van der Waals surface area contributed by atoms with Crippen molar-refractivity contribution in [2.24, 2.45) is 0 Å². The monoisotopic (exact) mass is 406 g/mol. The van der Waals surface area contributed by atoms with Crippen molar-refractivity contribution in [2.45, 2.75) is 38.8 Å². The lowest BCUT2D eigenvalue weighted by molar-refractivity contribution is -0.132. The van der Waals surface area contributed by atoms with Gasteiger partial charge in [0.1, 0.15) is 10.5 Å². The number of urea groups is 1. The van der Waals surface area contributed by atoms with Crippen LogP contribution < -0.4 is 5.32 Å². The molecule has 0 saturated carbocycles. The number of rotatable bonds is 6. The van der Waals surface area contributed by atoms with Crippen LogP contribution in [0.1, 0.15) is 37.1 Å². The predicted molar refractivity (Wildman–Crippen MR) is 112 cm³/mol. The van der Waals surface area contributed by atoms with Gasteiger partial charge in [-0.15, -0.1) is 11.3 Å². The molecule has 1 aliphatic heterocycles. The Morgan fingerprint density at radius 1 is 1.10 bits per heavy atom. The summed E-state index contributed by atoms with van der Waals surface area (Å²) in [6.45, 7) is 4.14. The molecule has 6 nitrogen and oxygen atoms in total. The van der Waals surface area contributed by atoms with Gasteiger partial charge in [0.2, 0.25) is 0 Å². The number of imide groups is 1. The van der Waals surface area contributed by atoms with Crippen molar-refractivity contribution in [3.8, 4) is 10.7 Å². The van der Waals surface area contributed by atoms with E-state index in [1.807, 2.05) is 54.8 Å². The van der Waals surface area contributed by atoms with Crippen LogP contribution in [0.5, 0.6) is 0 Å². The summed E-state index contributed by atoms with van der Waals surface area (Å²) in [5.41, 5.74) is 2.43.